The third-order valence-electron chi connectivity index (χ3n) is 3.96. The normalized spacial score (nSPS) is 16.6. The van der Waals surface area contributed by atoms with Gasteiger partial charge in [0, 0.05) is 24.2 Å². The molecular formula is C18H22ClN5O3. The maximum absolute atomic E-state index is 12.3. The molecule has 1 aliphatic rings. The number of rotatable bonds is 5. The first-order valence-corrected chi connectivity index (χ1v) is 9.01. The van der Waals surface area contributed by atoms with Crippen molar-refractivity contribution in [1.29, 1.82) is 0 Å². The van der Waals surface area contributed by atoms with Gasteiger partial charge < -0.3 is 20.1 Å². The highest BCUT2D eigenvalue weighted by atomic mass is 35.5. The summed E-state index contributed by atoms with van der Waals surface area (Å²) in [5.41, 5.74) is 2.10. The zero-order valence-corrected chi connectivity index (χ0v) is 16.0. The molecule has 0 bridgehead atoms. The fourth-order valence-corrected chi connectivity index (χ4v) is 2.67. The molecule has 1 fully saturated rings. The van der Waals surface area contributed by atoms with Crippen LogP contribution in [0.4, 0.5) is 16.3 Å². The minimum Gasteiger partial charge on any atom is -0.489 e. The van der Waals surface area contributed by atoms with Crippen molar-refractivity contribution in [3.63, 3.8) is 0 Å². The summed E-state index contributed by atoms with van der Waals surface area (Å²) in [7, 11) is 0. The molecule has 144 valence electrons. The molecule has 1 aliphatic heterocycles. The van der Waals surface area contributed by atoms with Crippen LogP contribution < -0.4 is 20.7 Å². The first-order chi connectivity index (χ1) is 13.0. The number of ether oxygens (including phenoxy) is 2. The predicted octanol–water partition coefficient (Wildman–Crippen LogP) is 2.76. The van der Waals surface area contributed by atoms with E-state index in [4.69, 9.17) is 21.1 Å². The first-order valence-electron chi connectivity index (χ1n) is 8.63. The van der Waals surface area contributed by atoms with Gasteiger partial charge in [-0.3, -0.25) is 10.3 Å². The molecule has 0 saturated carbocycles. The second-order valence-corrected chi connectivity index (χ2v) is 6.63. The molecule has 0 unspecified atom stereocenters. The smallest absolute Gasteiger partial charge is 0.324 e. The summed E-state index contributed by atoms with van der Waals surface area (Å²) in [4.78, 5) is 20.5. The summed E-state index contributed by atoms with van der Waals surface area (Å²) in [6, 6.07) is 3.00. The van der Waals surface area contributed by atoms with Gasteiger partial charge in [-0.05, 0) is 25.5 Å². The van der Waals surface area contributed by atoms with Crippen molar-refractivity contribution in [3.05, 3.63) is 40.8 Å². The van der Waals surface area contributed by atoms with Gasteiger partial charge in [-0.2, -0.15) is 0 Å². The van der Waals surface area contributed by atoms with E-state index in [0.29, 0.717) is 35.5 Å². The molecule has 8 nitrogen and oxygen atoms in total. The van der Waals surface area contributed by atoms with E-state index >= 15 is 0 Å². The topological polar surface area (TPSA) is 97.4 Å². The maximum Gasteiger partial charge on any atom is 0.324 e. The number of carbonyl (C=O) groups excluding carboxylic acids is 1. The predicted molar refractivity (Wildman–Crippen MR) is 104 cm³/mol. The zero-order chi connectivity index (χ0) is 19.2. The number of carbonyl (C=O) groups is 1. The molecule has 1 aromatic heterocycles. The molecule has 2 amide bonds. The SMILES string of the molecule is Cc1cnc(NC(=O)Nc2cc(C)c(Cl)cc2OC[C@@H]2CNCCO2)cn1. The Morgan fingerprint density at radius 2 is 2.19 bits per heavy atom. The molecule has 0 aliphatic carbocycles. The molecule has 1 saturated heterocycles. The van der Waals surface area contributed by atoms with E-state index in [9.17, 15) is 4.79 Å². The molecule has 1 atom stereocenters. The van der Waals surface area contributed by atoms with Crippen LogP contribution in [0, 0.1) is 13.8 Å². The van der Waals surface area contributed by atoms with Gasteiger partial charge in [-0.15, -0.1) is 0 Å². The molecule has 0 spiro atoms. The Labute approximate surface area is 162 Å². The number of benzene rings is 1. The zero-order valence-electron chi connectivity index (χ0n) is 15.2. The number of anilines is 2. The highest BCUT2D eigenvalue weighted by molar-refractivity contribution is 6.31. The number of halogens is 1. The molecule has 2 aromatic rings. The van der Waals surface area contributed by atoms with Crippen LogP contribution in [0.25, 0.3) is 0 Å². The number of urea groups is 1. The van der Waals surface area contributed by atoms with E-state index < -0.39 is 6.03 Å². The number of morpholine rings is 1. The van der Waals surface area contributed by atoms with Crippen LogP contribution in [0.15, 0.2) is 24.5 Å². The number of aryl methyl sites for hydroxylation is 2. The first kappa shape index (κ1) is 19.3. The van der Waals surface area contributed by atoms with Crippen LogP contribution in [-0.4, -0.2) is 48.4 Å². The minimum atomic E-state index is -0.449. The third-order valence-corrected chi connectivity index (χ3v) is 4.37. The molecular weight excluding hydrogens is 370 g/mol. The van der Waals surface area contributed by atoms with Gasteiger partial charge in [-0.1, -0.05) is 11.6 Å². The Balaban J connectivity index is 1.67. The summed E-state index contributed by atoms with van der Waals surface area (Å²) in [6.45, 7) is 6.23. The van der Waals surface area contributed by atoms with E-state index in [2.05, 4.69) is 25.9 Å². The van der Waals surface area contributed by atoms with Gasteiger partial charge in [0.05, 0.1) is 30.4 Å². The van der Waals surface area contributed by atoms with Gasteiger partial charge in [0.2, 0.25) is 0 Å². The molecule has 3 rings (SSSR count). The van der Waals surface area contributed by atoms with Gasteiger partial charge in [0.1, 0.15) is 18.5 Å². The molecule has 3 N–H and O–H groups in total. The van der Waals surface area contributed by atoms with E-state index in [-0.39, 0.29) is 6.10 Å². The van der Waals surface area contributed by atoms with Crippen LogP contribution in [0.5, 0.6) is 5.75 Å². The number of aromatic nitrogens is 2. The molecule has 27 heavy (non-hydrogen) atoms. The Morgan fingerprint density at radius 3 is 2.89 bits per heavy atom. The molecule has 1 aromatic carbocycles. The summed E-state index contributed by atoms with van der Waals surface area (Å²) in [6.07, 6.45) is 3.02. The average Bonchev–Trinajstić information content (AvgIpc) is 2.66. The van der Waals surface area contributed by atoms with Crippen LogP contribution in [0.1, 0.15) is 11.3 Å². The lowest BCUT2D eigenvalue weighted by Crippen LogP contribution is -2.41. The lowest BCUT2D eigenvalue weighted by atomic mass is 10.2. The summed E-state index contributed by atoms with van der Waals surface area (Å²) >= 11 is 6.22. The Bertz CT molecular complexity index is 794. The summed E-state index contributed by atoms with van der Waals surface area (Å²) in [5, 5.41) is 9.21. The molecule has 9 heteroatoms. The minimum absolute atomic E-state index is 0.0525. The van der Waals surface area contributed by atoms with Gasteiger partial charge in [-0.25, -0.2) is 9.78 Å². The standard InChI is InChI=1S/C18H22ClN5O3/c1-11-5-15(23-18(25)24-17-9-21-12(2)7-22-17)16(6-14(11)19)27-10-13-8-20-3-4-26-13/h5-7,9,13,20H,3-4,8,10H2,1-2H3,(H2,22,23,24,25)/t13-/m0/s1. The van der Waals surface area contributed by atoms with Gasteiger partial charge in [0.15, 0.2) is 5.82 Å². The van der Waals surface area contributed by atoms with Crippen molar-refractivity contribution >= 4 is 29.1 Å². The van der Waals surface area contributed by atoms with E-state index in [0.717, 1.165) is 24.3 Å². The summed E-state index contributed by atoms with van der Waals surface area (Å²) < 4.78 is 11.5. The fraction of sp³-hybridized carbons (Fsp3) is 0.389. The number of nitrogens with zero attached hydrogens (tertiary/aromatic N) is 2. The number of hydrogen-bond donors (Lipinski definition) is 3. The lowest BCUT2D eigenvalue weighted by molar-refractivity contribution is 0.000351. The van der Waals surface area contributed by atoms with Crippen molar-refractivity contribution in [2.24, 2.45) is 0 Å². The average molecular weight is 392 g/mol. The van der Waals surface area contributed by atoms with Crippen LogP contribution >= 0.6 is 11.6 Å². The fourth-order valence-electron chi connectivity index (χ4n) is 2.52. The van der Waals surface area contributed by atoms with Crippen molar-refractivity contribution < 1.29 is 14.3 Å². The monoisotopic (exact) mass is 391 g/mol. The second kappa shape index (κ2) is 8.98. The molecule has 0 radical (unpaired) electrons. The van der Waals surface area contributed by atoms with E-state index in [1.165, 1.54) is 6.20 Å². The lowest BCUT2D eigenvalue weighted by Gasteiger charge is -2.24. The van der Waals surface area contributed by atoms with Gasteiger partial charge >= 0.3 is 6.03 Å². The van der Waals surface area contributed by atoms with Crippen molar-refractivity contribution in [2.75, 3.05) is 36.9 Å². The van der Waals surface area contributed by atoms with Crippen molar-refractivity contribution in [2.45, 2.75) is 20.0 Å². The number of hydrogen-bond acceptors (Lipinski definition) is 6. The van der Waals surface area contributed by atoms with Crippen molar-refractivity contribution in [3.8, 4) is 5.75 Å². The third kappa shape index (κ3) is 5.53. The summed E-state index contributed by atoms with van der Waals surface area (Å²) in [5.74, 6) is 0.831. The number of nitrogens with one attached hydrogen (secondary N) is 3. The Hall–Kier alpha value is -2.42. The number of amides is 2. The maximum atomic E-state index is 12.3. The highest BCUT2D eigenvalue weighted by Crippen LogP contribution is 2.31. The van der Waals surface area contributed by atoms with Gasteiger partial charge in [0.25, 0.3) is 0 Å². The Kier molecular flexibility index (Phi) is 6.44. The van der Waals surface area contributed by atoms with Crippen LogP contribution in [0.3, 0.4) is 0 Å². The van der Waals surface area contributed by atoms with Crippen molar-refractivity contribution in [1.82, 2.24) is 15.3 Å². The Morgan fingerprint density at radius 1 is 1.33 bits per heavy atom. The second-order valence-electron chi connectivity index (χ2n) is 6.23. The highest BCUT2D eigenvalue weighted by Gasteiger charge is 2.17. The molecule has 2 heterocycles. The van der Waals surface area contributed by atoms with E-state index in [1.54, 1.807) is 18.3 Å². The largest absolute Gasteiger partial charge is 0.489 e. The van der Waals surface area contributed by atoms with Crippen LogP contribution in [-0.2, 0) is 4.74 Å². The van der Waals surface area contributed by atoms with E-state index in [1.807, 2.05) is 13.8 Å². The van der Waals surface area contributed by atoms with Crippen LogP contribution in [0.2, 0.25) is 5.02 Å². The quantitative estimate of drug-likeness (QED) is 0.725.